The lowest BCUT2D eigenvalue weighted by Crippen LogP contribution is -2.44. The third-order valence-electron chi connectivity index (χ3n) is 6.62. The monoisotopic (exact) mass is 306 g/mol. The zero-order valence-corrected chi connectivity index (χ0v) is 14.4. The average Bonchev–Trinajstić information content (AvgIpc) is 2.59. The number of hydrogen-bond acceptors (Lipinski definition) is 2. The van der Waals surface area contributed by atoms with Crippen molar-refractivity contribution < 1.29 is 4.79 Å². The fraction of sp³-hybridized carbons (Fsp3) is 0.947. The van der Waals surface area contributed by atoms with E-state index < -0.39 is 0 Å². The Morgan fingerprint density at radius 2 is 1.73 bits per heavy atom. The number of piperidine rings is 1. The molecule has 1 heterocycles. The molecular formula is C19H34N2O. The summed E-state index contributed by atoms with van der Waals surface area (Å²) in [7, 11) is 2.03. The van der Waals surface area contributed by atoms with Gasteiger partial charge in [0, 0.05) is 19.0 Å². The van der Waals surface area contributed by atoms with Crippen LogP contribution in [0.4, 0.5) is 0 Å². The third-order valence-corrected chi connectivity index (χ3v) is 6.62. The van der Waals surface area contributed by atoms with Crippen molar-refractivity contribution in [1.82, 2.24) is 10.2 Å². The van der Waals surface area contributed by atoms with Gasteiger partial charge in [0.25, 0.3) is 0 Å². The van der Waals surface area contributed by atoms with Gasteiger partial charge in [-0.2, -0.15) is 0 Å². The van der Waals surface area contributed by atoms with Gasteiger partial charge in [-0.3, -0.25) is 4.79 Å². The molecule has 1 amide bonds. The molecule has 0 bridgehead atoms. The first kappa shape index (κ1) is 16.3. The van der Waals surface area contributed by atoms with Crippen LogP contribution in [0, 0.1) is 23.7 Å². The van der Waals surface area contributed by atoms with Gasteiger partial charge in [0.2, 0.25) is 5.91 Å². The highest BCUT2D eigenvalue weighted by atomic mass is 16.2. The summed E-state index contributed by atoms with van der Waals surface area (Å²) in [5.74, 6) is 3.49. The van der Waals surface area contributed by atoms with Crippen molar-refractivity contribution in [2.45, 2.75) is 64.2 Å². The van der Waals surface area contributed by atoms with Crippen LogP contribution in [0.5, 0.6) is 0 Å². The van der Waals surface area contributed by atoms with Gasteiger partial charge >= 0.3 is 0 Å². The maximum Gasteiger partial charge on any atom is 0.225 e. The number of carbonyl (C=O) groups excluding carboxylic acids is 1. The average molecular weight is 306 g/mol. The second-order valence-corrected chi connectivity index (χ2v) is 7.98. The molecule has 22 heavy (non-hydrogen) atoms. The molecule has 1 N–H and O–H groups in total. The normalized spacial score (nSPS) is 33.5. The molecule has 2 saturated carbocycles. The number of nitrogens with one attached hydrogen (secondary N) is 1. The molecule has 0 aromatic heterocycles. The van der Waals surface area contributed by atoms with E-state index in [1.54, 1.807) is 0 Å². The highest BCUT2D eigenvalue weighted by molar-refractivity contribution is 5.79. The van der Waals surface area contributed by atoms with Gasteiger partial charge in [0.15, 0.2) is 0 Å². The van der Waals surface area contributed by atoms with Gasteiger partial charge in [-0.05, 0) is 69.9 Å². The molecule has 3 nitrogen and oxygen atoms in total. The van der Waals surface area contributed by atoms with E-state index in [2.05, 4.69) is 10.2 Å². The first-order valence-electron chi connectivity index (χ1n) is 9.71. The van der Waals surface area contributed by atoms with Crippen LogP contribution in [0.3, 0.4) is 0 Å². The Bertz CT molecular complexity index is 362. The van der Waals surface area contributed by atoms with Gasteiger partial charge in [-0.1, -0.05) is 25.7 Å². The summed E-state index contributed by atoms with van der Waals surface area (Å²) in [4.78, 5) is 15.1. The Balaban J connectivity index is 1.46. The fourth-order valence-corrected chi connectivity index (χ4v) is 5.15. The van der Waals surface area contributed by atoms with Crippen LogP contribution in [0.2, 0.25) is 0 Å². The molecule has 3 unspecified atom stereocenters. The standard InChI is InChI=1S/C19H34N2O/c1-20-11-8-15-9-12-21(13-10-15)19(22)18-7-6-16-4-2-3-5-17(16)14-18/h15-18,20H,2-14H2,1H3. The predicted octanol–water partition coefficient (Wildman–Crippen LogP) is 3.44. The van der Waals surface area contributed by atoms with E-state index >= 15 is 0 Å². The van der Waals surface area contributed by atoms with E-state index in [9.17, 15) is 4.79 Å². The lowest BCUT2D eigenvalue weighted by atomic mass is 9.67. The van der Waals surface area contributed by atoms with Crippen LogP contribution in [0.1, 0.15) is 64.2 Å². The quantitative estimate of drug-likeness (QED) is 0.863. The summed E-state index contributed by atoms with van der Waals surface area (Å²) in [6, 6.07) is 0. The number of amides is 1. The topological polar surface area (TPSA) is 32.3 Å². The van der Waals surface area contributed by atoms with Crippen LogP contribution < -0.4 is 5.32 Å². The van der Waals surface area contributed by atoms with Crippen LogP contribution in [-0.2, 0) is 4.79 Å². The van der Waals surface area contributed by atoms with Gasteiger partial charge in [0.1, 0.15) is 0 Å². The Kier molecular flexibility index (Phi) is 5.78. The van der Waals surface area contributed by atoms with E-state index in [1.807, 2.05) is 7.05 Å². The van der Waals surface area contributed by atoms with E-state index in [-0.39, 0.29) is 0 Å². The number of hydrogen-bond donors (Lipinski definition) is 1. The van der Waals surface area contributed by atoms with Crippen LogP contribution in [0.25, 0.3) is 0 Å². The van der Waals surface area contributed by atoms with Crippen LogP contribution >= 0.6 is 0 Å². The molecule has 0 spiro atoms. The van der Waals surface area contributed by atoms with Gasteiger partial charge in [0.05, 0.1) is 0 Å². The molecular weight excluding hydrogens is 272 g/mol. The number of likely N-dealkylation sites (tertiary alicyclic amines) is 1. The molecule has 3 rings (SSSR count). The van der Waals surface area contributed by atoms with Crippen molar-refractivity contribution in [2.24, 2.45) is 23.7 Å². The Morgan fingerprint density at radius 1 is 1.00 bits per heavy atom. The zero-order valence-electron chi connectivity index (χ0n) is 14.4. The van der Waals surface area contributed by atoms with Crippen LogP contribution in [-0.4, -0.2) is 37.5 Å². The maximum absolute atomic E-state index is 12.9. The van der Waals surface area contributed by atoms with E-state index in [0.29, 0.717) is 11.8 Å². The van der Waals surface area contributed by atoms with Crippen molar-refractivity contribution in [3.05, 3.63) is 0 Å². The molecule has 0 aromatic carbocycles. The summed E-state index contributed by atoms with van der Waals surface area (Å²) >= 11 is 0. The third kappa shape index (κ3) is 3.84. The zero-order chi connectivity index (χ0) is 15.4. The maximum atomic E-state index is 12.9. The minimum absolute atomic E-state index is 0.355. The minimum atomic E-state index is 0.355. The minimum Gasteiger partial charge on any atom is -0.342 e. The number of rotatable bonds is 4. The van der Waals surface area contributed by atoms with Gasteiger partial charge in [-0.15, -0.1) is 0 Å². The van der Waals surface area contributed by atoms with Crippen molar-refractivity contribution in [3.8, 4) is 0 Å². The van der Waals surface area contributed by atoms with Crippen molar-refractivity contribution in [2.75, 3.05) is 26.7 Å². The number of nitrogens with zero attached hydrogens (tertiary/aromatic N) is 1. The molecule has 3 atom stereocenters. The molecule has 3 heteroatoms. The van der Waals surface area contributed by atoms with Crippen molar-refractivity contribution >= 4 is 5.91 Å². The first-order chi connectivity index (χ1) is 10.8. The van der Waals surface area contributed by atoms with E-state index in [1.165, 1.54) is 64.2 Å². The highest BCUT2D eigenvalue weighted by Crippen LogP contribution is 2.43. The number of fused-ring (bicyclic) bond motifs is 1. The summed E-state index contributed by atoms with van der Waals surface area (Å²) < 4.78 is 0. The molecule has 0 radical (unpaired) electrons. The second kappa shape index (κ2) is 7.81. The van der Waals surface area contributed by atoms with Gasteiger partial charge < -0.3 is 10.2 Å². The lowest BCUT2D eigenvalue weighted by molar-refractivity contribution is -0.139. The Labute approximate surface area is 136 Å². The summed E-state index contributed by atoms with van der Waals surface area (Å²) in [5, 5.41) is 3.25. The fourth-order valence-electron chi connectivity index (χ4n) is 5.15. The Morgan fingerprint density at radius 3 is 2.45 bits per heavy atom. The largest absolute Gasteiger partial charge is 0.342 e. The molecule has 2 aliphatic carbocycles. The molecule has 3 fully saturated rings. The van der Waals surface area contributed by atoms with E-state index in [0.717, 1.165) is 37.4 Å². The van der Waals surface area contributed by atoms with E-state index in [4.69, 9.17) is 0 Å². The SMILES string of the molecule is CNCCC1CCN(C(=O)C2CCC3CCCCC3C2)CC1. The smallest absolute Gasteiger partial charge is 0.225 e. The Hall–Kier alpha value is -0.570. The summed E-state index contributed by atoms with van der Waals surface area (Å²) in [6.07, 6.45) is 13.0. The number of carbonyl (C=O) groups is 1. The highest BCUT2D eigenvalue weighted by Gasteiger charge is 2.37. The first-order valence-corrected chi connectivity index (χ1v) is 9.71. The molecule has 126 valence electrons. The van der Waals surface area contributed by atoms with Gasteiger partial charge in [-0.25, -0.2) is 0 Å². The lowest BCUT2D eigenvalue weighted by Gasteiger charge is -2.41. The van der Waals surface area contributed by atoms with Crippen molar-refractivity contribution in [1.29, 1.82) is 0 Å². The van der Waals surface area contributed by atoms with Crippen molar-refractivity contribution in [3.63, 3.8) is 0 Å². The molecule has 3 aliphatic rings. The molecule has 1 saturated heterocycles. The summed E-state index contributed by atoms with van der Waals surface area (Å²) in [6.45, 7) is 3.14. The summed E-state index contributed by atoms with van der Waals surface area (Å²) in [5.41, 5.74) is 0. The second-order valence-electron chi connectivity index (χ2n) is 7.98. The van der Waals surface area contributed by atoms with Crippen LogP contribution in [0.15, 0.2) is 0 Å². The molecule has 1 aliphatic heterocycles. The molecule has 0 aromatic rings. The predicted molar refractivity (Wildman–Crippen MR) is 90.6 cm³/mol.